The first kappa shape index (κ1) is 23.1. The summed E-state index contributed by atoms with van der Waals surface area (Å²) in [6, 6.07) is 12.3. The van der Waals surface area contributed by atoms with Gasteiger partial charge in [-0.25, -0.2) is 9.59 Å². The molecule has 0 atom stereocenters. The predicted octanol–water partition coefficient (Wildman–Crippen LogP) is 4.67. The highest BCUT2D eigenvalue weighted by molar-refractivity contribution is 5.90. The first-order valence-electron chi connectivity index (χ1n) is 11.2. The van der Waals surface area contributed by atoms with Crippen LogP contribution in [0.3, 0.4) is 0 Å². The summed E-state index contributed by atoms with van der Waals surface area (Å²) in [6.45, 7) is 6.81. The van der Waals surface area contributed by atoms with Crippen LogP contribution < -0.4 is 4.74 Å². The number of nitrogens with zero attached hydrogens (tertiary/aromatic N) is 1. The quantitative estimate of drug-likeness (QED) is 0.698. The van der Waals surface area contributed by atoms with Crippen LogP contribution in [-0.2, 0) is 10.3 Å². The highest BCUT2D eigenvalue weighted by Crippen LogP contribution is 2.58. The second kappa shape index (κ2) is 8.06. The van der Waals surface area contributed by atoms with Gasteiger partial charge in [0.15, 0.2) is 0 Å². The molecular formula is C26H31NO6. The molecule has 0 radical (unpaired) electrons. The van der Waals surface area contributed by atoms with E-state index in [1.165, 1.54) is 6.07 Å². The molecule has 4 rings (SSSR count). The Morgan fingerprint density at radius 1 is 1.06 bits per heavy atom. The van der Waals surface area contributed by atoms with Crippen molar-refractivity contribution in [3.63, 3.8) is 0 Å². The molecule has 7 heteroatoms. The number of carboxylic acids is 1. The zero-order chi connectivity index (χ0) is 24.0. The van der Waals surface area contributed by atoms with Crippen LogP contribution in [0.2, 0.25) is 0 Å². The standard InChI is InChI=1S/C26H31NO6/c1-24(2,3)33-23(30)27-12-11-25(16-27)14-26(31,15-25)19-8-5-17(6-9-19)20-13-18(22(28)29)7-10-21(20)32-4/h5-10,13,31H,11-12,14-16H2,1-4H3,(H,28,29). The van der Waals surface area contributed by atoms with E-state index in [1.54, 1.807) is 24.1 Å². The van der Waals surface area contributed by atoms with Crippen molar-refractivity contribution >= 4 is 12.1 Å². The van der Waals surface area contributed by atoms with E-state index in [9.17, 15) is 19.8 Å². The second-order valence-electron chi connectivity index (χ2n) is 10.3. The van der Waals surface area contributed by atoms with E-state index in [4.69, 9.17) is 9.47 Å². The van der Waals surface area contributed by atoms with Gasteiger partial charge in [0.1, 0.15) is 11.4 Å². The maximum absolute atomic E-state index is 12.4. The van der Waals surface area contributed by atoms with Gasteiger partial charge in [-0.1, -0.05) is 24.3 Å². The lowest BCUT2D eigenvalue weighted by molar-refractivity contribution is -0.130. The molecular weight excluding hydrogens is 422 g/mol. The monoisotopic (exact) mass is 453 g/mol. The van der Waals surface area contributed by atoms with Crippen molar-refractivity contribution in [2.24, 2.45) is 5.41 Å². The maximum atomic E-state index is 12.4. The molecule has 33 heavy (non-hydrogen) atoms. The van der Waals surface area contributed by atoms with E-state index in [0.29, 0.717) is 37.2 Å². The Morgan fingerprint density at radius 2 is 1.73 bits per heavy atom. The summed E-state index contributed by atoms with van der Waals surface area (Å²) in [7, 11) is 1.55. The molecule has 2 aromatic carbocycles. The predicted molar refractivity (Wildman–Crippen MR) is 123 cm³/mol. The summed E-state index contributed by atoms with van der Waals surface area (Å²) in [5, 5.41) is 20.6. The average Bonchev–Trinajstić information content (AvgIpc) is 3.17. The number of likely N-dealkylation sites (tertiary alicyclic amines) is 1. The van der Waals surface area contributed by atoms with Gasteiger partial charge in [-0.3, -0.25) is 0 Å². The van der Waals surface area contributed by atoms with Crippen LogP contribution in [0.4, 0.5) is 4.79 Å². The van der Waals surface area contributed by atoms with E-state index < -0.39 is 17.2 Å². The number of hydrogen-bond acceptors (Lipinski definition) is 5. The van der Waals surface area contributed by atoms with Gasteiger partial charge in [-0.2, -0.15) is 0 Å². The number of carboxylic acid groups (broad SMARTS) is 1. The smallest absolute Gasteiger partial charge is 0.410 e. The van der Waals surface area contributed by atoms with Crippen molar-refractivity contribution in [3.8, 4) is 16.9 Å². The Kier molecular flexibility index (Phi) is 5.65. The third kappa shape index (κ3) is 4.55. The summed E-state index contributed by atoms with van der Waals surface area (Å²) in [5.41, 5.74) is 0.963. The van der Waals surface area contributed by atoms with Gasteiger partial charge in [0.05, 0.1) is 18.3 Å². The molecule has 1 aliphatic carbocycles. The van der Waals surface area contributed by atoms with Crippen LogP contribution >= 0.6 is 0 Å². The van der Waals surface area contributed by atoms with E-state index in [2.05, 4.69) is 0 Å². The van der Waals surface area contributed by atoms with Gasteiger partial charge < -0.3 is 24.6 Å². The summed E-state index contributed by atoms with van der Waals surface area (Å²) < 4.78 is 10.9. The van der Waals surface area contributed by atoms with Crippen LogP contribution in [0.25, 0.3) is 11.1 Å². The summed E-state index contributed by atoms with van der Waals surface area (Å²) >= 11 is 0. The maximum Gasteiger partial charge on any atom is 0.410 e. The SMILES string of the molecule is COc1ccc(C(=O)O)cc1-c1ccc(C2(O)CC3(CCN(C(=O)OC(C)(C)C)C3)C2)cc1. The molecule has 2 aromatic rings. The van der Waals surface area contributed by atoms with E-state index in [0.717, 1.165) is 17.5 Å². The van der Waals surface area contributed by atoms with E-state index in [-0.39, 0.29) is 17.1 Å². The fourth-order valence-electron chi connectivity index (χ4n) is 5.13. The zero-order valence-electron chi connectivity index (χ0n) is 19.6. The Balaban J connectivity index is 1.47. The first-order valence-corrected chi connectivity index (χ1v) is 11.2. The topological polar surface area (TPSA) is 96.3 Å². The Hall–Kier alpha value is -3.06. The molecule has 2 N–H and O–H groups in total. The van der Waals surface area contributed by atoms with Crippen molar-refractivity contribution in [3.05, 3.63) is 53.6 Å². The highest BCUT2D eigenvalue weighted by atomic mass is 16.6. The lowest BCUT2D eigenvalue weighted by Gasteiger charge is -2.52. The number of aromatic carboxylic acids is 1. The van der Waals surface area contributed by atoms with Crippen LogP contribution in [-0.4, -0.2) is 53.0 Å². The van der Waals surface area contributed by atoms with Gasteiger partial charge in [0.25, 0.3) is 0 Å². The number of hydrogen-bond donors (Lipinski definition) is 2. The molecule has 1 heterocycles. The average molecular weight is 454 g/mol. The number of aliphatic hydroxyl groups is 1. The van der Waals surface area contributed by atoms with Gasteiger partial charge in [-0.15, -0.1) is 0 Å². The molecule has 0 unspecified atom stereocenters. The van der Waals surface area contributed by atoms with Crippen molar-refractivity contribution in [2.45, 2.75) is 51.2 Å². The number of methoxy groups -OCH3 is 1. The molecule has 2 fully saturated rings. The van der Waals surface area contributed by atoms with Gasteiger partial charge >= 0.3 is 12.1 Å². The second-order valence-corrected chi connectivity index (χ2v) is 10.3. The fourth-order valence-corrected chi connectivity index (χ4v) is 5.13. The van der Waals surface area contributed by atoms with Crippen LogP contribution in [0.15, 0.2) is 42.5 Å². The van der Waals surface area contributed by atoms with Gasteiger partial charge in [0, 0.05) is 18.7 Å². The number of rotatable bonds is 4. The van der Waals surface area contributed by atoms with Crippen LogP contribution in [0.5, 0.6) is 5.75 Å². The molecule has 0 aromatic heterocycles. The third-order valence-corrected chi connectivity index (χ3v) is 6.60. The minimum Gasteiger partial charge on any atom is -0.496 e. The Morgan fingerprint density at radius 3 is 2.30 bits per heavy atom. The number of carbonyl (C=O) groups is 2. The van der Waals surface area contributed by atoms with E-state index in [1.807, 2.05) is 45.0 Å². The summed E-state index contributed by atoms with van der Waals surface area (Å²) in [5.74, 6) is -0.413. The molecule has 2 aliphatic rings. The normalized spacial score (nSPS) is 24.5. The lowest BCUT2D eigenvalue weighted by atomic mass is 9.56. The molecule has 0 bridgehead atoms. The fraction of sp³-hybridized carbons (Fsp3) is 0.462. The van der Waals surface area contributed by atoms with E-state index >= 15 is 0 Å². The molecule has 7 nitrogen and oxygen atoms in total. The van der Waals surface area contributed by atoms with Crippen molar-refractivity contribution in [1.82, 2.24) is 4.90 Å². The first-order chi connectivity index (χ1) is 15.4. The van der Waals surface area contributed by atoms with Crippen molar-refractivity contribution in [2.75, 3.05) is 20.2 Å². The number of ether oxygens (including phenoxy) is 2. The molecule has 1 aliphatic heterocycles. The summed E-state index contributed by atoms with van der Waals surface area (Å²) in [4.78, 5) is 25.5. The highest BCUT2D eigenvalue weighted by Gasteiger charge is 2.57. The Bertz CT molecular complexity index is 1060. The number of benzene rings is 2. The Labute approximate surface area is 193 Å². The lowest BCUT2D eigenvalue weighted by Crippen LogP contribution is -2.51. The minimum absolute atomic E-state index is 0.0800. The van der Waals surface area contributed by atoms with Crippen molar-refractivity contribution in [1.29, 1.82) is 0 Å². The number of carbonyl (C=O) groups excluding carboxylic acids is 1. The molecule has 1 saturated heterocycles. The third-order valence-electron chi connectivity index (χ3n) is 6.60. The van der Waals surface area contributed by atoms with Crippen molar-refractivity contribution < 1.29 is 29.3 Å². The largest absolute Gasteiger partial charge is 0.496 e. The van der Waals surface area contributed by atoms with Crippen LogP contribution in [0, 0.1) is 5.41 Å². The van der Waals surface area contributed by atoms with Gasteiger partial charge in [0.2, 0.25) is 0 Å². The minimum atomic E-state index is -0.999. The zero-order valence-corrected chi connectivity index (χ0v) is 19.6. The van der Waals surface area contributed by atoms with Gasteiger partial charge in [-0.05, 0) is 74.8 Å². The molecule has 1 spiro atoms. The molecule has 1 amide bonds. The molecule has 1 saturated carbocycles. The molecule has 176 valence electrons. The van der Waals surface area contributed by atoms with Crippen LogP contribution in [0.1, 0.15) is 56.0 Å². The number of amides is 1. The summed E-state index contributed by atoms with van der Waals surface area (Å²) in [6.07, 6.45) is 1.75.